The Balaban J connectivity index is 0.000000523. The molecule has 1 aromatic carbocycles. The SMILES string of the molecule is CCNc1cccnc1N1CCN(C(=O)c2cc3cc(F)ccc3[nH]2)CC1.CS(=O)(=O)O. The van der Waals surface area contributed by atoms with Crippen molar-refractivity contribution in [3.8, 4) is 0 Å². The van der Waals surface area contributed by atoms with Crippen molar-refractivity contribution in [1.29, 1.82) is 0 Å². The molecule has 0 unspecified atom stereocenters. The molecule has 32 heavy (non-hydrogen) atoms. The summed E-state index contributed by atoms with van der Waals surface area (Å²) in [4.78, 5) is 24.4. The van der Waals surface area contributed by atoms with Crippen LogP contribution in [0.2, 0.25) is 0 Å². The Kier molecular flexibility index (Phi) is 7.31. The maximum absolute atomic E-state index is 13.4. The van der Waals surface area contributed by atoms with Crippen LogP contribution in [0.15, 0.2) is 42.6 Å². The number of hydrogen-bond donors (Lipinski definition) is 3. The molecule has 3 aromatic rings. The molecule has 0 bridgehead atoms. The summed E-state index contributed by atoms with van der Waals surface area (Å²) in [5.74, 6) is 0.563. The largest absolute Gasteiger partial charge is 0.382 e. The van der Waals surface area contributed by atoms with E-state index in [1.54, 1.807) is 18.3 Å². The number of H-pyrrole nitrogens is 1. The zero-order valence-electron chi connectivity index (χ0n) is 17.9. The standard InChI is InChI=1S/C20H22FN5O.CH4O3S/c1-2-22-17-4-3-7-23-19(17)25-8-10-26(11-9-25)20(27)18-13-14-12-15(21)5-6-16(14)24-18;1-5(2,3)4/h3-7,12-13,22,24H,2,8-11H2,1H3;1H3,(H,2,3,4). The van der Waals surface area contributed by atoms with Gasteiger partial charge in [0.05, 0.1) is 11.9 Å². The molecule has 9 nitrogen and oxygen atoms in total. The number of rotatable bonds is 4. The maximum Gasteiger partial charge on any atom is 0.270 e. The van der Waals surface area contributed by atoms with Crippen LogP contribution in [0.4, 0.5) is 15.9 Å². The molecule has 0 saturated carbocycles. The number of piperazine rings is 1. The molecule has 11 heteroatoms. The Hall–Kier alpha value is -3.18. The number of hydrogen-bond acceptors (Lipinski definition) is 6. The molecular weight excluding hydrogens is 437 g/mol. The van der Waals surface area contributed by atoms with E-state index < -0.39 is 10.1 Å². The molecule has 2 aromatic heterocycles. The average Bonchev–Trinajstić information content (AvgIpc) is 3.16. The van der Waals surface area contributed by atoms with Crippen molar-refractivity contribution in [2.24, 2.45) is 0 Å². The monoisotopic (exact) mass is 463 g/mol. The minimum absolute atomic E-state index is 0.0563. The van der Waals surface area contributed by atoms with Gasteiger partial charge in [0.2, 0.25) is 0 Å². The lowest BCUT2D eigenvalue weighted by molar-refractivity contribution is 0.0741. The number of nitrogens with zero attached hydrogens (tertiary/aromatic N) is 3. The molecular formula is C21H26FN5O4S. The second-order valence-corrected chi connectivity index (χ2v) is 8.80. The van der Waals surface area contributed by atoms with Crippen molar-refractivity contribution in [3.63, 3.8) is 0 Å². The first-order valence-corrected chi connectivity index (χ1v) is 11.9. The quantitative estimate of drug-likeness (QED) is 0.509. The molecule has 1 saturated heterocycles. The van der Waals surface area contributed by atoms with Crippen LogP contribution in [-0.2, 0) is 10.1 Å². The van der Waals surface area contributed by atoms with Gasteiger partial charge in [-0.25, -0.2) is 9.37 Å². The highest BCUT2D eigenvalue weighted by Gasteiger charge is 2.25. The number of carbonyl (C=O) groups excluding carboxylic acids is 1. The number of aromatic nitrogens is 2. The maximum atomic E-state index is 13.4. The van der Waals surface area contributed by atoms with Crippen LogP contribution in [0.1, 0.15) is 17.4 Å². The minimum Gasteiger partial charge on any atom is -0.382 e. The van der Waals surface area contributed by atoms with E-state index in [2.05, 4.69) is 27.1 Å². The number of benzene rings is 1. The Bertz CT molecular complexity index is 1180. The number of anilines is 2. The normalized spacial score (nSPS) is 14.1. The summed E-state index contributed by atoms with van der Waals surface area (Å²) in [6, 6.07) is 10.1. The summed E-state index contributed by atoms with van der Waals surface area (Å²) in [5, 5.41) is 4.04. The fourth-order valence-electron chi connectivity index (χ4n) is 3.49. The van der Waals surface area contributed by atoms with E-state index in [-0.39, 0.29) is 11.7 Å². The zero-order chi connectivity index (χ0) is 23.3. The van der Waals surface area contributed by atoms with Crippen LogP contribution in [0.25, 0.3) is 10.9 Å². The van der Waals surface area contributed by atoms with E-state index in [4.69, 9.17) is 4.55 Å². The highest BCUT2D eigenvalue weighted by atomic mass is 32.2. The van der Waals surface area contributed by atoms with Gasteiger partial charge in [0, 0.05) is 49.8 Å². The van der Waals surface area contributed by atoms with Crippen LogP contribution in [0.5, 0.6) is 0 Å². The molecule has 172 valence electrons. The number of amides is 1. The number of aromatic amines is 1. The Morgan fingerprint density at radius 2 is 1.91 bits per heavy atom. The molecule has 3 N–H and O–H groups in total. The van der Waals surface area contributed by atoms with Gasteiger partial charge in [-0.3, -0.25) is 9.35 Å². The van der Waals surface area contributed by atoms with Gasteiger partial charge in [0.1, 0.15) is 11.5 Å². The Morgan fingerprint density at radius 3 is 2.56 bits per heavy atom. The highest BCUT2D eigenvalue weighted by Crippen LogP contribution is 2.24. The van der Waals surface area contributed by atoms with Gasteiger partial charge in [-0.1, -0.05) is 0 Å². The molecule has 1 fully saturated rings. The van der Waals surface area contributed by atoms with Crippen molar-refractivity contribution >= 4 is 38.4 Å². The van der Waals surface area contributed by atoms with Gasteiger partial charge in [-0.15, -0.1) is 0 Å². The first-order valence-electron chi connectivity index (χ1n) is 10.1. The average molecular weight is 464 g/mol. The topological polar surface area (TPSA) is 119 Å². The minimum atomic E-state index is -3.67. The van der Waals surface area contributed by atoms with E-state index in [0.29, 0.717) is 30.4 Å². The fourth-order valence-corrected chi connectivity index (χ4v) is 3.49. The predicted octanol–water partition coefficient (Wildman–Crippen LogP) is 2.60. The summed E-state index contributed by atoms with van der Waals surface area (Å²) in [7, 11) is -3.67. The molecule has 0 aliphatic carbocycles. The molecule has 0 radical (unpaired) electrons. The van der Waals surface area contributed by atoms with Gasteiger partial charge in [-0.2, -0.15) is 8.42 Å². The second-order valence-electron chi connectivity index (χ2n) is 7.33. The van der Waals surface area contributed by atoms with Crippen molar-refractivity contribution in [1.82, 2.24) is 14.9 Å². The molecule has 4 rings (SSSR count). The first-order chi connectivity index (χ1) is 15.2. The van der Waals surface area contributed by atoms with Crippen molar-refractivity contribution in [3.05, 3.63) is 54.1 Å². The summed E-state index contributed by atoms with van der Waals surface area (Å²) in [6.07, 6.45) is 2.50. The Morgan fingerprint density at radius 1 is 1.22 bits per heavy atom. The summed E-state index contributed by atoms with van der Waals surface area (Å²) in [6.45, 7) is 5.55. The predicted molar refractivity (Wildman–Crippen MR) is 122 cm³/mol. The summed E-state index contributed by atoms with van der Waals surface area (Å²) >= 11 is 0. The van der Waals surface area contributed by atoms with Gasteiger partial charge in [-0.05, 0) is 43.3 Å². The van der Waals surface area contributed by atoms with E-state index in [1.165, 1.54) is 12.1 Å². The smallest absolute Gasteiger partial charge is 0.270 e. The molecule has 1 aliphatic rings. The van der Waals surface area contributed by atoms with Crippen LogP contribution in [-0.4, -0.2) is 72.7 Å². The number of carbonyl (C=O) groups is 1. The van der Waals surface area contributed by atoms with E-state index in [9.17, 15) is 17.6 Å². The van der Waals surface area contributed by atoms with Gasteiger partial charge in [0.25, 0.3) is 16.0 Å². The molecule has 3 heterocycles. The molecule has 1 aliphatic heterocycles. The number of pyridine rings is 1. The van der Waals surface area contributed by atoms with Crippen molar-refractivity contribution < 1.29 is 22.2 Å². The second kappa shape index (κ2) is 9.96. The van der Waals surface area contributed by atoms with Crippen LogP contribution >= 0.6 is 0 Å². The summed E-state index contributed by atoms with van der Waals surface area (Å²) in [5.41, 5.74) is 2.27. The lowest BCUT2D eigenvalue weighted by Crippen LogP contribution is -2.49. The zero-order valence-corrected chi connectivity index (χ0v) is 18.7. The van der Waals surface area contributed by atoms with Crippen molar-refractivity contribution in [2.75, 3.05) is 49.2 Å². The van der Waals surface area contributed by atoms with Crippen LogP contribution in [0.3, 0.4) is 0 Å². The third-order valence-electron chi connectivity index (χ3n) is 4.83. The number of nitrogens with one attached hydrogen (secondary N) is 2. The van der Waals surface area contributed by atoms with E-state index >= 15 is 0 Å². The molecule has 0 atom stereocenters. The molecule has 0 spiro atoms. The van der Waals surface area contributed by atoms with Crippen LogP contribution in [0, 0.1) is 5.82 Å². The van der Waals surface area contributed by atoms with Gasteiger partial charge < -0.3 is 20.1 Å². The van der Waals surface area contributed by atoms with Crippen LogP contribution < -0.4 is 10.2 Å². The highest BCUT2D eigenvalue weighted by molar-refractivity contribution is 7.85. The van der Waals surface area contributed by atoms with E-state index in [0.717, 1.165) is 36.7 Å². The number of fused-ring (bicyclic) bond motifs is 1. The first kappa shape index (κ1) is 23.5. The third-order valence-corrected chi connectivity index (χ3v) is 4.83. The molecule has 1 amide bonds. The van der Waals surface area contributed by atoms with Gasteiger partial charge in [0.15, 0.2) is 5.82 Å². The Labute approximate surface area is 186 Å². The third kappa shape index (κ3) is 6.17. The number of halogens is 1. The summed E-state index contributed by atoms with van der Waals surface area (Å²) < 4.78 is 39.2. The lowest BCUT2D eigenvalue weighted by Gasteiger charge is -2.36. The lowest BCUT2D eigenvalue weighted by atomic mass is 10.2. The van der Waals surface area contributed by atoms with Gasteiger partial charge >= 0.3 is 0 Å². The fraction of sp³-hybridized carbons (Fsp3) is 0.333. The van der Waals surface area contributed by atoms with Crippen molar-refractivity contribution in [2.45, 2.75) is 6.92 Å². The van der Waals surface area contributed by atoms with E-state index in [1.807, 2.05) is 17.0 Å².